The second kappa shape index (κ2) is 6.43. The monoisotopic (exact) mass is 208 g/mol. The zero-order valence-corrected chi connectivity index (χ0v) is 9.71. The molecule has 1 unspecified atom stereocenters. The largest absolute Gasteiger partial charge is 0.496 e. The zero-order valence-electron chi connectivity index (χ0n) is 9.71. The minimum atomic E-state index is 0.293. The molecule has 1 aromatic rings. The highest BCUT2D eigenvalue weighted by Gasteiger charge is 2.12. The number of rotatable bonds is 6. The van der Waals surface area contributed by atoms with Crippen LogP contribution in [0.1, 0.15) is 18.5 Å². The molecule has 0 amide bonds. The number of likely N-dealkylation sites (N-methyl/N-ethyl adjacent to an activating group) is 2. The molecule has 0 aliphatic heterocycles. The molecule has 0 saturated carbocycles. The number of hydrogen-bond acceptors (Lipinski definition) is 3. The topological polar surface area (TPSA) is 33.3 Å². The highest BCUT2D eigenvalue weighted by atomic mass is 16.5. The SMILES string of the molecule is CCNCC(NC)c1ccccc1OC. The molecule has 0 heterocycles. The van der Waals surface area contributed by atoms with Gasteiger partial charge in [0, 0.05) is 18.2 Å². The van der Waals surface area contributed by atoms with Gasteiger partial charge in [-0.15, -0.1) is 0 Å². The quantitative estimate of drug-likeness (QED) is 0.744. The molecule has 84 valence electrons. The molecule has 1 rings (SSSR count). The van der Waals surface area contributed by atoms with E-state index in [0.717, 1.165) is 18.8 Å². The third-order valence-corrected chi connectivity index (χ3v) is 2.46. The van der Waals surface area contributed by atoms with E-state index in [0.29, 0.717) is 6.04 Å². The van der Waals surface area contributed by atoms with Gasteiger partial charge in [-0.05, 0) is 19.7 Å². The summed E-state index contributed by atoms with van der Waals surface area (Å²) >= 11 is 0. The maximum Gasteiger partial charge on any atom is 0.123 e. The Kier molecular flexibility index (Phi) is 5.15. The molecule has 0 aliphatic rings. The van der Waals surface area contributed by atoms with Crippen LogP contribution in [-0.4, -0.2) is 27.2 Å². The van der Waals surface area contributed by atoms with E-state index in [1.54, 1.807) is 7.11 Å². The van der Waals surface area contributed by atoms with E-state index in [9.17, 15) is 0 Å². The Labute approximate surface area is 91.8 Å². The van der Waals surface area contributed by atoms with Crippen molar-refractivity contribution < 1.29 is 4.74 Å². The lowest BCUT2D eigenvalue weighted by molar-refractivity contribution is 0.399. The van der Waals surface area contributed by atoms with Crippen molar-refractivity contribution in [2.24, 2.45) is 0 Å². The predicted molar refractivity (Wildman–Crippen MR) is 63.3 cm³/mol. The fourth-order valence-electron chi connectivity index (χ4n) is 1.61. The van der Waals surface area contributed by atoms with Gasteiger partial charge in [0.2, 0.25) is 0 Å². The summed E-state index contributed by atoms with van der Waals surface area (Å²) in [5, 5.41) is 6.62. The molecule has 0 saturated heterocycles. The molecule has 15 heavy (non-hydrogen) atoms. The zero-order chi connectivity index (χ0) is 11.1. The van der Waals surface area contributed by atoms with Crippen LogP contribution in [0.4, 0.5) is 0 Å². The molecule has 0 spiro atoms. The third kappa shape index (κ3) is 3.22. The normalized spacial score (nSPS) is 12.5. The lowest BCUT2D eigenvalue weighted by Crippen LogP contribution is -2.29. The highest BCUT2D eigenvalue weighted by Crippen LogP contribution is 2.23. The molecule has 1 atom stereocenters. The van der Waals surface area contributed by atoms with Crippen LogP contribution in [0.5, 0.6) is 5.75 Å². The van der Waals surface area contributed by atoms with E-state index < -0.39 is 0 Å². The highest BCUT2D eigenvalue weighted by molar-refractivity contribution is 5.36. The summed E-state index contributed by atoms with van der Waals surface area (Å²) in [6.07, 6.45) is 0. The smallest absolute Gasteiger partial charge is 0.123 e. The van der Waals surface area contributed by atoms with Crippen LogP contribution < -0.4 is 15.4 Å². The summed E-state index contributed by atoms with van der Waals surface area (Å²) < 4.78 is 5.34. The molecule has 0 fully saturated rings. The van der Waals surface area contributed by atoms with Crippen molar-refractivity contribution in [3.63, 3.8) is 0 Å². The fraction of sp³-hybridized carbons (Fsp3) is 0.500. The average molecular weight is 208 g/mol. The Morgan fingerprint density at radius 2 is 2.07 bits per heavy atom. The van der Waals surface area contributed by atoms with Crippen molar-refractivity contribution >= 4 is 0 Å². The van der Waals surface area contributed by atoms with Crippen molar-refractivity contribution in [3.8, 4) is 5.75 Å². The van der Waals surface area contributed by atoms with Crippen LogP contribution >= 0.6 is 0 Å². The lowest BCUT2D eigenvalue weighted by atomic mass is 10.1. The number of hydrogen-bond donors (Lipinski definition) is 2. The van der Waals surface area contributed by atoms with Gasteiger partial charge in [0.25, 0.3) is 0 Å². The molecule has 3 heteroatoms. The van der Waals surface area contributed by atoms with E-state index in [4.69, 9.17) is 4.74 Å². The van der Waals surface area contributed by atoms with Gasteiger partial charge < -0.3 is 15.4 Å². The molecule has 0 bridgehead atoms. The second-order valence-corrected chi connectivity index (χ2v) is 3.39. The van der Waals surface area contributed by atoms with Crippen LogP contribution in [0.2, 0.25) is 0 Å². The summed E-state index contributed by atoms with van der Waals surface area (Å²) in [5.74, 6) is 0.940. The minimum absolute atomic E-state index is 0.293. The molecule has 2 N–H and O–H groups in total. The van der Waals surface area contributed by atoms with Gasteiger partial charge in [0.1, 0.15) is 5.75 Å². The summed E-state index contributed by atoms with van der Waals surface area (Å²) in [7, 11) is 3.67. The third-order valence-electron chi connectivity index (χ3n) is 2.46. The summed E-state index contributed by atoms with van der Waals surface area (Å²) in [5.41, 5.74) is 1.20. The first-order valence-corrected chi connectivity index (χ1v) is 5.34. The van der Waals surface area contributed by atoms with Gasteiger partial charge in [0.15, 0.2) is 0 Å². The van der Waals surface area contributed by atoms with Gasteiger partial charge in [-0.3, -0.25) is 0 Å². The first-order chi connectivity index (χ1) is 7.33. The molecule has 0 aromatic heterocycles. The van der Waals surface area contributed by atoms with Crippen LogP contribution in [0, 0.1) is 0 Å². The summed E-state index contributed by atoms with van der Waals surface area (Å²) in [6.45, 7) is 4.00. The van der Waals surface area contributed by atoms with Crippen molar-refractivity contribution in [2.45, 2.75) is 13.0 Å². The van der Waals surface area contributed by atoms with Crippen molar-refractivity contribution in [1.82, 2.24) is 10.6 Å². The van der Waals surface area contributed by atoms with Crippen molar-refractivity contribution in [3.05, 3.63) is 29.8 Å². The van der Waals surface area contributed by atoms with Gasteiger partial charge in [-0.2, -0.15) is 0 Å². The van der Waals surface area contributed by atoms with Gasteiger partial charge >= 0.3 is 0 Å². The summed E-state index contributed by atoms with van der Waals surface area (Å²) in [6, 6.07) is 8.40. The standard InChI is InChI=1S/C12H20N2O/c1-4-14-9-11(13-2)10-7-5-6-8-12(10)15-3/h5-8,11,13-14H,4,9H2,1-3H3. The minimum Gasteiger partial charge on any atom is -0.496 e. The van der Waals surface area contributed by atoms with E-state index in [2.05, 4.69) is 23.6 Å². The predicted octanol–water partition coefficient (Wildman–Crippen LogP) is 1.57. The van der Waals surface area contributed by atoms with E-state index >= 15 is 0 Å². The van der Waals surface area contributed by atoms with Gasteiger partial charge in [0.05, 0.1) is 7.11 Å². The van der Waals surface area contributed by atoms with Crippen molar-refractivity contribution in [2.75, 3.05) is 27.2 Å². The number of methoxy groups -OCH3 is 1. The van der Waals surface area contributed by atoms with Gasteiger partial charge in [-0.25, -0.2) is 0 Å². The van der Waals surface area contributed by atoms with E-state index in [-0.39, 0.29) is 0 Å². The maximum atomic E-state index is 5.34. The summed E-state index contributed by atoms with van der Waals surface area (Å²) in [4.78, 5) is 0. The molecular weight excluding hydrogens is 188 g/mol. The first kappa shape index (κ1) is 12.0. The Balaban J connectivity index is 2.80. The van der Waals surface area contributed by atoms with Crippen molar-refractivity contribution in [1.29, 1.82) is 0 Å². The van der Waals surface area contributed by atoms with E-state index in [1.165, 1.54) is 5.56 Å². The van der Waals surface area contributed by atoms with Crippen LogP contribution in [0.3, 0.4) is 0 Å². The Hall–Kier alpha value is -1.06. The Morgan fingerprint density at radius 1 is 1.33 bits per heavy atom. The van der Waals surface area contributed by atoms with Crippen LogP contribution in [-0.2, 0) is 0 Å². The Morgan fingerprint density at radius 3 is 2.67 bits per heavy atom. The number of ether oxygens (including phenoxy) is 1. The Bertz CT molecular complexity index is 289. The van der Waals surface area contributed by atoms with E-state index in [1.807, 2.05) is 25.2 Å². The lowest BCUT2D eigenvalue weighted by Gasteiger charge is -2.19. The number of para-hydroxylation sites is 1. The molecule has 0 radical (unpaired) electrons. The molecular formula is C12H20N2O. The fourth-order valence-corrected chi connectivity index (χ4v) is 1.61. The number of benzene rings is 1. The van der Waals surface area contributed by atoms with Crippen LogP contribution in [0.25, 0.3) is 0 Å². The first-order valence-electron chi connectivity index (χ1n) is 5.34. The second-order valence-electron chi connectivity index (χ2n) is 3.39. The average Bonchev–Trinajstić information content (AvgIpc) is 2.30. The molecule has 0 aliphatic carbocycles. The molecule has 3 nitrogen and oxygen atoms in total. The van der Waals surface area contributed by atoms with Gasteiger partial charge in [-0.1, -0.05) is 25.1 Å². The maximum absolute atomic E-state index is 5.34. The molecule has 1 aromatic carbocycles. The van der Waals surface area contributed by atoms with Crippen LogP contribution in [0.15, 0.2) is 24.3 Å². The number of nitrogens with one attached hydrogen (secondary N) is 2.